The second-order valence-corrected chi connectivity index (χ2v) is 10.9. The topological polar surface area (TPSA) is 102 Å². The third-order valence-electron chi connectivity index (χ3n) is 5.94. The van der Waals surface area contributed by atoms with E-state index in [2.05, 4.69) is 20.9 Å². The maximum absolute atomic E-state index is 12.6. The highest BCUT2D eigenvalue weighted by Crippen LogP contribution is 2.19. The van der Waals surface area contributed by atoms with Crippen LogP contribution in [0.25, 0.3) is 0 Å². The lowest BCUT2D eigenvalue weighted by Gasteiger charge is -2.23. The fourth-order valence-corrected chi connectivity index (χ4v) is 5.24. The zero-order valence-corrected chi connectivity index (χ0v) is 22.6. The lowest BCUT2D eigenvalue weighted by atomic mass is 9.96. The van der Waals surface area contributed by atoms with Crippen molar-refractivity contribution in [3.05, 3.63) is 99.5 Å². The van der Waals surface area contributed by atoms with Crippen molar-refractivity contribution in [3.8, 4) is 0 Å². The molecule has 10 heteroatoms. The van der Waals surface area contributed by atoms with E-state index in [1.165, 1.54) is 11.3 Å². The van der Waals surface area contributed by atoms with Gasteiger partial charge in [-0.05, 0) is 36.8 Å². The predicted molar refractivity (Wildman–Crippen MR) is 151 cm³/mol. The zero-order chi connectivity index (χ0) is 26.4. The smallest absolute Gasteiger partial charge is 0.407 e. The number of rotatable bonds is 13. The molecule has 3 N–H and O–H groups in total. The van der Waals surface area contributed by atoms with Crippen LogP contribution in [0.3, 0.4) is 0 Å². The summed E-state index contributed by atoms with van der Waals surface area (Å²) in [6.45, 7) is 0.425. The monoisotopic (exact) mass is 552 g/mol. The molecule has 0 saturated heterocycles. The fraction of sp³-hybridized carbons (Fsp3) is 0.321. The van der Waals surface area contributed by atoms with Gasteiger partial charge in [-0.3, -0.25) is 4.98 Å². The van der Waals surface area contributed by atoms with Gasteiger partial charge in [-0.25, -0.2) is 9.59 Å². The van der Waals surface area contributed by atoms with Gasteiger partial charge in [0, 0.05) is 29.4 Å². The Kier molecular flexibility index (Phi) is 10.9. The Morgan fingerprint density at radius 2 is 1.45 bits per heavy atom. The maximum Gasteiger partial charge on any atom is 0.407 e. The first-order valence-corrected chi connectivity index (χ1v) is 14.4. The predicted octanol–water partition coefficient (Wildman–Crippen LogP) is 5.23. The molecular weight excluding hydrogens is 520 g/mol. The molecule has 0 fully saturated rings. The molecule has 2 aromatic carbocycles. The summed E-state index contributed by atoms with van der Waals surface area (Å²) in [6.07, 6.45) is 5.24. The van der Waals surface area contributed by atoms with E-state index in [1.807, 2.05) is 66.9 Å². The number of nitrogens with one attached hydrogen (secondary N) is 3. The van der Waals surface area contributed by atoms with E-state index in [4.69, 9.17) is 9.47 Å². The number of nitrogens with zero attached hydrogens (tertiary/aromatic N) is 1. The number of aromatic nitrogens is 1. The molecule has 1 aliphatic heterocycles. The summed E-state index contributed by atoms with van der Waals surface area (Å²) in [5.41, 5.74) is 3.94. The first kappa shape index (κ1) is 27.5. The molecule has 1 aliphatic rings. The number of hydrogen-bond donors (Lipinski definition) is 3. The fourth-order valence-electron chi connectivity index (χ4n) is 4.07. The van der Waals surface area contributed by atoms with E-state index in [1.54, 1.807) is 23.5 Å². The molecule has 38 heavy (non-hydrogen) atoms. The summed E-state index contributed by atoms with van der Waals surface area (Å²) in [6, 6.07) is 19.7. The van der Waals surface area contributed by atoms with Gasteiger partial charge in [-0.2, -0.15) is 0 Å². The Balaban J connectivity index is 1.37. The molecule has 0 spiro atoms. The van der Waals surface area contributed by atoms with E-state index < -0.39 is 12.2 Å². The van der Waals surface area contributed by atoms with Crippen LogP contribution in [0, 0.1) is 0 Å². The van der Waals surface area contributed by atoms with Gasteiger partial charge >= 0.3 is 12.2 Å². The summed E-state index contributed by atoms with van der Waals surface area (Å²) in [5.74, 6) is 0.791. The summed E-state index contributed by atoms with van der Waals surface area (Å²) in [5, 5.41) is 9.16. The van der Waals surface area contributed by atoms with Gasteiger partial charge in [-0.1, -0.05) is 60.7 Å². The number of amides is 2. The van der Waals surface area contributed by atoms with E-state index in [0.717, 1.165) is 26.8 Å². The van der Waals surface area contributed by atoms with Crippen molar-refractivity contribution in [2.24, 2.45) is 0 Å². The summed E-state index contributed by atoms with van der Waals surface area (Å²) < 4.78 is 10.9. The highest BCUT2D eigenvalue weighted by atomic mass is 32.2. The third kappa shape index (κ3) is 9.75. The normalized spacial score (nSPS) is 14.1. The lowest BCUT2D eigenvalue weighted by molar-refractivity contribution is 0.135. The average molecular weight is 553 g/mol. The first-order valence-electron chi connectivity index (χ1n) is 12.5. The molecule has 2 amide bonds. The SMILES string of the molecule is O=C(N[C@H](CC[C@H](Cc1ccccc1)NC(=O)OCc1cncs1)Cc1ccccc1)OCC1=CNCS1. The van der Waals surface area contributed by atoms with Crippen molar-refractivity contribution < 1.29 is 19.1 Å². The summed E-state index contributed by atoms with van der Waals surface area (Å²) >= 11 is 3.06. The maximum atomic E-state index is 12.6. The van der Waals surface area contributed by atoms with Crippen LogP contribution in [0.4, 0.5) is 9.59 Å². The minimum Gasteiger partial charge on any atom is -0.444 e. The van der Waals surface area contributed by atoms with Crippen molar-refractivity contribution in [2.75, 3.05) is 12.5 Å². The molecule has 3 aromatic rings. The molecule has 4 rings (SSSR count). The molecule has 0 saturated carbocycles. The van der Waals surface area contributed by atoms with Crippen LogP contribution in [0.1, 0.15) is 28.8 Å². The third-order valence-corrected chi connectivity index (χ3v) is 7.61. The zero-order valence-electron chi connectivity index (χ0n) is 21.0. The number of ether oxygens (including phenoxy) is 2. The van der Waals surface area contributed by atoms with Crippen molar-refractivity contribution in [1.82, 2.24) is 20.9 Å². The summed E-state index contributed by atoms with van der Waals surface area (Å²) in [7, 11) is 0. The number of thioether (sulfide) groups is 1. The number of carbonyl (C=O) groups excluding carboxylic acids is 2. The largest absolute Gasteiger partial charge is 0.444 e. The molecule has 1 aromatic heterocycles. The Morgan fingerprint density at radius 3 is 1.95 bits per heavy atom. The molecule has 0 bridgehead atoms. The quantitative estimate of drug-likeness (QED) is 0.267. The Morgan fingerprint density at radius 1 is 0.868 bits per heavy atom. The van der Waals surface area contributed by atoms with Gasteiger partial charge in [0.15, 0.2) is 0 Å². The van der Waals surface area contributed by atoms with E-state index in [0.29, 0.717) is 25.7 Å². The second-order valence-electron chi connectivity index (χ2n) is 8.86. The lowest BCUT2D eigenvalue weighted by Crippen LogP contribution is -2.41. The van der Waals surface area contributed by atoms with E-state index in [9.17, 15) is 9.59 Å². The minimum absolute atomic E-state index is 0.165. The molecule has 8 nitrogen and oxygen atoms in total. The Bertz CT molecular complexity index is 1160. The standard InChI is InChI=1S/C28H32N4O4S2/c33-27(35-17-25-15-29-19-37-25)31-23(13-21-7-3-1-4-8-21)11-12-24(14-22-9-5-2-6-10-22)32-28(34)36-18-26-16-30-20-38-26/h1-10,15-16,19,23-24,30H,11-14,17-18,20H2,(H,31,33)(H,32,34)/t23-,24-/m1/s1. The second kappa shape index (κ2) is 15.0. The van der Waals surface area contributed by atoms with E-state index in [-0.39, 0.29) is 25.3 Å². The van der Waals surface area contributed by atoms with Crippen LogP contribution in [0.15, 0.2) is 83.5 Å². The van der Waals surface area contributed by atoms with Crippen LogP contribution in [0.5, 0.6) is 0 Å². The van der Waals surface area contributed by atoms with Crippen molar-refractivity contribution in [1.29, 1.82) is 0 Å². The molecule has 200 valence electrons. The van der Waals surface area contributed by atoms with Crippen LogP contribution >= 0.6 is 23.1 Å². The van der Waals surface area contributed by atoms with Gasteiger partial charge < -0.3 is 25.4 Å². The molecule has 2 heterocycles. The van der Waals surface area contributed by atoms with Gasteiger partial charge in [-0.15, -0.1) is 23.1 Å². The van der Waals surface area contributed by atoms with Gasteiger partial charge in [0.25, 0.3) is 0 Å². The van der Waals surface area contributed by atoms with E-state index >= 15 is 0 Å². The molecule has 0 aliphatic carbocycles. The highest BCUT2D eigenvalue weighted by molar-refractivity contribution is 8.03. The highest BCUT2D eigenvalue weighted by Gasteiger charge is 2.20. The van der Waals surface area contributed by atoms with Crippen LogP contribution in [0.2, 0.25) is 0 Å². The number of alkyl carbamates (subject to hydrolysis) is 2. The number of carbonyl (C=O) groups is 2. The average Bonchev–Trinajstić information content (AvgIpc) is 3.65. The molecular formula is C28H32N4O4S2. The minimum atomic E-state index is -0.470. The van der Waals surface area contributed by atoms with Crippen LogP contribution < -0.4 is 16.0 Å². The first-order chi connectivity index (χ1) is 18.6. The Labute approximate surface area is 231 Å². The summed E-state index contributed by atoms with van der Waals surface area (Å²) in [4.78, 5) is 31.1. The number of hydrogen-bond acceptors (Lipinski definition) is 8. The van der Waals surface area contributed by atoms with Crippen LogP contribution in [-0.2, 0) is 28.9 Å². The molecule has 0 radical (unpaired) electrons. The molecule has 2 atom stereocenters. The van der Waals surface area contributed by atoms with Gasteiger partial charge in [0.2, 0.25) is 0 Å². The number of benzene rings is 2. The molecule has 0 unspecified atom stereocenters. The van der Waals surface area contributed by atoms with Crippen molar-refractivity contribution >= 4 is 35.3 Å². The number of thiazole rings is 1. The van der Waals surface area contributed by atoms with Crippen LogP contribution in [-0.4, -0.2) is 41.7 Å². The Hall–Kier alpha value is -3.50. The van der Waals surface area contributed by atoms with Gasteiger partial charge in [0.05, 0.1) is 16.3 Å². The van der Waals surface area contributed by atoms with Gasteiger partial charge in [0.1, 0.15) is 13.2 Å². The van der Waals surface area contributed by atoms with Crippen molar-refractivity contribution in [2.45, 2.75) is 44.4 Å². The van der Waals surface area contributed by atoms with Crippen molar-refractivity contribution in [3.63, 3.8) is 0 Å².